The fourth-order valence-corrected chi connectivity index (χ4v) is 3.10. The molecule has 0 bridgehead atoms. The number of benzene rings is 1. The van der Waals surface area contributed by atoms with Crippen LogP contribution in [0.3, 0.4) is 0 Å². The van der Waals surface area contributed by atoms with E-state index >= 15 is 0 Å². The van der Waals surface area contributed by atoms with Crippen LogP contribution in [0.4, 0.5) is 4.79 Å². The lowest BCUT2D eigenvalue weighted by Crippen LogP contribution is -2.55. The third-order valence-electron chi connectivity index (χ3n) is 4.52. The number of amides is 1. The highest BCUT2D eigenvalue weighted by atomic mass is 16.6. The summed E-state index contributed by atoms with van der Waals surface area (Å²) in [6.07, 6.45) is 0.366. The van der Waals surface area contributed by atoms with Crippen LogP contribution in [0.1, 0.15) is 32.8 Å². The second kappa shape index (κ2) is 7.94. The van der Waals surface area contributed by atoms with Crippen LogP contribution in [0.15, 0.2) is 30.3 Å². The number of carbonyl (C=O) groups is 1. The zero-order valence-corrected chi connectivity index (χ0v) is 15.9. The molecule has 6 nitrogen and oxygen atoms in total. The minimum Gasteiger partial charge on any atom is -0.444 e. The van der Waals surface area contributed by atoms with Crippen LogP contribution in [-0.4, -0.2) is 61.2 Å². The molecule has 0 aliphatic carbocycles. The molecule has 2 saturated heterocycles. The van der Waals surface area contributed by atoms with Crippen LogP contribution in [0, 0.1) is 0 Å². The van der Waals surface area contributed by atoms with E-state index in [1.54, 1.807) is 4.90 Å². The maximum atomic E-state index is 12.6. The van der Waals surface area contributed by atoms with E-state index in [0.29, 0.717) is 39.5 Å². The van der Waals surface area contributed by atoms with Crippen LogP contribution < -0.4 is 0 Å². The number of hydrogen-bond donors (Lipinski definition) is 0. The Morgan fingerprint density at radius 3 is 2.65 bits per heavy atom. The van der Waals surface area contributed by atoms with E-state index in [2.05, 4.69) is 0 Å². The largest absolute Gasteiger partial charge is 0.444 e. The number of carbonyl (C=O) groups excluding carboxylic acids is 1. The van der Waals surface area contributed by atoms with E-state index in [4.69, 9.17) is 18.9 Å². The Kier molecular flexibility index (Phi) is 5.85. The quantitative estimate of drug-likeness (QED) is 0.823. The van der Waals surface area contributed by atoms with E-state index in [9.17, 15) is 4.79 Å². The van der Waals surface area contributed by atoms with Gasteiger partial charge in [0.25, 0.3) is 0 Å². The van der Waals surface area contributed by atoms with Crippen molar-refractivity contribution in [3.05, 3.63) is 35.9 Å². The van der Waals surface area contributed by atoms with Gasteiger partial charge in [-0.3, -0.25) is 0 Å². The molecule has 6 heteroatoms. The van der Waals surface area contributed by atoms with Gasteiger partial charge in [-0.1, -0.05) is 30.3 Å². The summed E-state index contributed by atoms with van der Waals surface area (Å²) in [6.45, 7) is 8.68. The van der Waals surface area contributed by atoms with Crippen molar-refractivity contribution < 1.29 is 23.7 Å². The lowest BCUT2D eigenvalue weighted by molar-refractivity contribution is -0.183. The molecule has 1 aromatic carbocycles. The standard InChI is InChI=1S/C20H29NO5/c1-19(2,3)26-18(22)21-11-17(24-15-20(14-21)9-10-25-20)13-23-12-16-7-5-4-6-8-16/h4-8,17H,9-15H2,1-3H3/t17-,20?/m0/s1. The van der Waals surface area contributed by atoms with Crippen molar-refractivity contribution >= 4 is 6.09 Å². The summed E-state index contributed by atoms with van der Waals surface area (Å²) in [6, 6.07) is 10.0. The van der Waals surface area contributed by atoms with Crippen molar-refractivity contribution in [2.24, 2.45) is 0 Å². The smallest absolute Gasteiger partial charge is 0.410 e. The van der Waals surface area contributed by atoms with Gasteiger partial charge in [0.05, 0.1) is 45.6 Å². The van der Waals surface area contributed by atoms with Crippen molar-refractivity contribution in [3.63, 3.8) is 0 Å². The Hall–Kier alpha value is -1.63. The van der Waals surface area contributed by atoms with Gasteiger partial charge >= 0.3 is 6.09 Å². The molecule has 2 heterocycles. The predicted molar refractivity (Wildman–Crippen MR) is 96.9 cm³/mol. The highest BCUT2D eigenvalue weighted by Gasteiger charge is 2.45. The lowest BCUT2D eigenvalue weighted by atomic mass is 9.95. The average Bonchev–Trinajstić information content (AvgIpc) is 2.74. The van der Waals surface area contributed by atoms with E-state index in [1.807, 2.05) is 51.1 Å². The van der Waals surface area contributed by atoms with Crippen molar-refractivity contribution in [3.8, 4) is 0 Å². The molecule has 1 unspecified atom stereocenters. The van der Waals surface area contributed by atoms with Crippen molar-refractivity contribution in [2.45, 2.75) is 51.1 Å². The zero-order valence-electron chi connectivity index (χ0n) is 15.9. The van der Waals surface area contributed by atoms with Crippen molar-refractivity contribution in [2.75, 3.05) is 32.9 Å². The Morgan fingerprint density at radius 2 is 2.04 bits per heavy atom. The monoisotopic (exact) mass is 363 g/mol. The first-order valence-electron chi connectivity index (χ1n) is 9.20. The molecule has 0 aromatic heterocycles. The number of nitrogens with zero attached hydrogens (tertiary/aromatic N) is 1. The molecule has 2 aliphatic heterocycles. The summed E-state index contributed by atoms with van der Waals surface area (Å²) in [5.41, 5.74) is 0.186. The second-order valence-corrected chi connectivity index (χ2v) is 8.08. The number of ether oxygens (including phenoxy) is 4. The molecular formula is C20H29NO5. The molecule has 2 aliphatic rings. The molecule has 2 atom stereocenters. The fraction of sp³-hybridized carbons (Fsp3) is 0.650. The van der Waals surface area contributed by atoms with Crippen LogP contribution in [0.25, 0.3) is 0 Å². The first kappa shape index (κ1) is 19.1. The topological polar surface area (TPSA) is 57.2 Å². The van der Waals surface area contributed by atoms with Gasteiger partial charge in [0, 0.05) is 6.42 Å². The Labute approximate surface area is 155 Å². The summed E-state index contributed by atoms with van der Waals surface area (Å²) in [5.74, 6) is 0. The summed E-state index contributed by atoms with van der Waals surface area (Å²) >= 11 is 0. The number of hydrogen-bond acceptors (Lipinski definition) is 5. The molecule has 0 N–H and O–H groups in total. The first-order valence-corrected chi connectivity index (χ1v) is 9.20. The second-order valence-electron chi connectivity index (χ2n) is 8.08. The SMILES string of the molecule is CC(C)(C)OC(=O)N1C[C@@H](COCc2ccccc2)OCC2(CCO2)C1. The summed E-state index contributed by atoms with van der Waals surface area (Å²) in [7, 11) is 0. The minimum atomic E-state index is -0.531. The third-order valence-corrected chi connectivity index (χ3v) is 4.52. The molecule has 0 radical (unpaired) electrons. The first-order chi connectivity index (χ1) is 12.4. The molecule has 3 rings (SSSR count). The minimum absolute atomic E-state index is 0.199. The Morgan fingerprint density at radius 1 is 1.31 bits per heavy atom. The van der Waals surface area contributed by atoms with Crippen LogP contribution in [0.5, 0.6) is 0 Å². The lowest BCUT2D eigenvalue weighted by Gasteiger charge is -2.42. The maximum absolute atomic E-state index is 12.6. The van der Waals surface area contributed by atoms with E-state index in [0.717, 1.165) is 12.0 Å². The van der Waals surface area contributed by atoms with Crippen molar-refractivity contribution in [1.82, 2.24) is 4.90 Å². The van der Waals surface area contributed by atoms with Gasteiger partial charge in [-0.05, 0) is 26.3 Å². The van der Waals surface area contributed by atoms with Gasteiger partial charge in [0.1, 0.15) is 11.2 Å². The maximum Gasteiger partial charge on any atom is 0.410 e. The molecule has 2 fully saturated rings. The van der Waals surface area contributed by atoms with Crippen LogP contribution >= 0.6 is 0 Å². The molecule has 1 amide bonds. The molecular weight excluding hydrogens is 334 g/mol. The van der Waals surface area contributed by atoms with Gasteiger partial charge in [0.15, 0.2) is 0 Å². The summed E-state index contributed by atoms with van der Waals surface area (Å²) in [5, 5.41) is 0. The Bertz CT molecular complexity index is 594. The molecule has 0 saturated carbocycles. The van der Waals surface area contributed by atoms with Gasteiger partial charge in [0.2, 0.25) is 0 Å². The van der Waals surface area contributed by atoms with Crippen LogP contribution in [-0.2, 0) is 25.6 Å². The summed E-state index contributed by atoms with van der Waals surface area (Å²) < 4.78 is 23.1. The van der Waals surface area contributed by atoms with E-state index < -0.39 is 11.2 Å². The average molecular weight is 363 g/mol. The van der Waals surface area contributed by atoms with E-state index in [1.165, 1.54) is 0 Å². The highest BCUT2D eigenvalue weighted by molar-refractivity contribution is 5.68. The summed E-state index contributed by atoms with van der Waals surface area (Å²) in [4.78, 5) is 14.3. The van der Waals surface area contributed by atoms with Crippen molar-refractivity contribution in [1.29, 1.82) is 0 Å². The normalized spacial score (nSPS) is 26.3. The van der Waals surface area contributed by atoms with Gasteiger partial charge in [-0.2, -0.15) is 0 Å². The van der Waals surface area contributed by atoms with Gasteiger partial charge in [-0.15, -0.1) is 0 Å². The molecule has 26 heavy (non-hydrogen) atoms. The van der Waals surface area contributed by atoms with Gasteiger partial charge < -0.3 is 23.8 Å². The highest BCUT2D eigenvalue weighted by Crippen LogP contribution is 2.31. The fourth-order valence-electron chi connectivity index (χ4n) is 3.10. The molecule has 1 spiro atoms. The van der Waals surface area contributed by atoms with Crippen LogP contribution in [0.2, 0.25) is 0 Å². The molecule has 1 aromatic rings. The zero-order chi connectivity index (χ0) is 18.6. The third kappa shape index (κ3) is 5.19. The molecule has 144 valence electrons. The predicted octanol–water partition coefficient (Wildman–Crippen LogP) is 3.00. The Balaban J connectivity index is 1.58. The van der Waals surface area contributed by atoms with E-state index in [-0.39, 0.29) is 12.2 Å². The van der Waals surface area contributed by atoms with Gasteiger partial charge in [-0.25, -0.2) is 4.79 Å². The number of rotatable bonds is 4.